The third kappa shape index (κ3) is 5.25. The molecule has 0 radical (unpaired) electrons. The number of rotatable bonds is 8. The molecule has 5 nitrogen and oxygen atoms in total. The molecular weight excluding hydrogens is 374 g/mol. The van der Waals surface area contributed by atoms with Gasteiger partial charge in [-0.2, -0.15) is 0 Å². The molecule has 0 aliphatic heterocycles. The lowest BCUT2D eigenvalue weighted by Gasteiger charge is -2.12. The molecule has 6 heteroatoms. The largest absolute Gasteiger partial charge is 0.493 e. The number of hydrogen-bond acceptors (Lipinski definition) is 4. The van der Waals surface area contributed by atoms with E-state index in [0.29, 0.717) is 36.6 Å². The first kappa shape index (κ1) is 18.3. The van der Waals surface area contributed by atoms with Gasteiger partial charge in [0.25, 0.3) is 5.91 Å². The molecule has 0 fully saturated rings. The van der Waals surface area contributed by atoms with Gasteiger partial charge in [0.2, 0.25) is 0 Å². The van der Waals surface area contributed by atoms with Crippen molar-refractivity contribution in [1.29, 1.82) is 0 Å². The van der Waals surface area contributed by atoms with E-state index in [1.54, 1.807) is 18.2 Å². The molecule has 0 heterocycles. The van der Waals surface area contributed by atoms with Gasteiger partial charge in [-0.15, -0.1) is 0 Å². The van der Waals surface area contributed by atoms with Crippen LogP contribution in [-0.2, 0) is 6.61 Å². The molecule has 2 aromatic rings. The van der Waals surface area contributed by atoms with Crippen molar-refractivity contribution in [3.05, 3.63) is 58.1 Å². The molecule has 0 aliphatic rings. The molecule has 0 saturated carbocycles. The number of aliphatic hydroxyl groups is 1. The third-order valence-electron chi connectivity index (χ3n) is 3.35. The third-order valence-corrected chi connectivity index (χ3v) is 3.88. The number of benzene rings is 2. The highest BCUT2D eigenvalue weighted by Gasteiger charge is 2.11. The van der Waals surface area contributed by atoms with Gasteiger partial charge < -0.3 is 19.9 Å². The Hall–Kier alpha value is -2.05. The van der Waals surface area contributed by atoms with E-state index in [1.807, 2.05) is 24.3 Å². The second kappa shape index (κ2) is 9.30. The molecule has 2 rings (SSSR count). The predicted octanol–water partition coefficient (Wildman–Crippen LogP) is 3.15. The van der Waals surface area contributed by atoms with Crippen LogP contribution in [0.25, 0.3) is 0 Å². The Labute approximate surface area is 149 Å². The predicted molar refractivity (Wildman–Crippen MR) is 95.5 cm³/mol. The molecule has 0 aromatic heterocycles. The Bertz CT molecular complexity index is 673. The summed E-state index contributed by atoms with van der Waals surface area (Å²) in [4.78, 5) is 12.0. The van der Waals surface area contributed by atoms with Crippen molar-refractivity contribution in [1.82, 2.24) is 5.32 Å². The standard InChI is InChI=1S/C18H20BrNO4/c1-23-17-11-14(18(22)20-9-2-10-21)5-8-16(17)24-12-13-3-6-15(19)7-4-13/h3-8,11,21H,2,9-10,12H2,1H3,(H,20,22). The Morgan fingerprint density at radius 3 is 2.58 bits per heavy atom. The molecule has 2 N–H and O–H groups in total. The van der Waals surface area contributed by atoms with Crippen molar-refractivity contribution in [3.63, 3.8) is 0 Å². The average molecular weight is 394 g/mol. The van der Waals surface area contributed by atoms with E-state index >= 15 is 0 Å². The Kier molecular flexibility index (Phi) is 7.08. The molecule has 0 unspecified atom stereocenters. The second-order valence-electron chi connectivity index (χ2n) is 5.11. The summed E-state index contributed by atoms with van der Waals surface area (Å²) in [5.41, 5.74) is 1.52. The Balaban J connectivity index is 2.02. The number of methoxy groups -OCH3 is 1. The van der Waals surface area contributed by atoms with E-state index in [9.17, 15) is 4.79 Å². The fraction of sp³-hybridized carbons (Fsp3) is 0.278. The monoisotopic (exact) mass is 393 g/mol. The fourth-order valence-electron chi connectivity index (χ4n) is 2.05. The maximum atomic E-state index is 12.0. The number of halogens is 1. The number of hydrogen-bond donors (Lipinski definition) is 2. The van der Waals surface area contributed by atoms with E-state index in [4.69, 9.17) is 14.6 Å². The molecule has 24 heavy (non-hydrogen) atoms. The Morgan fingerprint density at radius 2 is 1.92 bits per heavy atom. The number of nitrogens with one attached hydrogen (secondary N) is 1. The van der Waals surface area contributed by atoms with Gasteiger partial charge in [0, 0.05) is 23.2 Å². The number of aliphatic hydroxyl groups excluding tert-OH is 1. The maximum absolute atomic E-state index is 12.0. The molecule has 2 aromatic carbocycles. The highest BCUT2D eigenvalue weighted by Crippen LogP contribution is 2.29. The van der Waals surface area contributed by atoms with Gasteiger partial charge in [0.1, 0.15) is 6.61 Å². The van der Waals surface area contributed by atoms with Crippen LogP contribution in [-0.4, -0.2) is 31.3 Å². The first-order valence-electron chi connectivity index (χ1n) is 7.58. The van der Waals surface area contributed by atoms with Crippen molar-refractivity contribution >= 4 is 21.8 Å². The van der Waals surface area contributed by atoms with Crippen LogP contribution in [0.1, 0.15) is 22.3 Å². The SMILES string of the molecule is COc1cc(C(=O)NCCCO)ccc1OCc1ccc(Br)cc1. The van der Waals surface area contributed by atoms with Crippen LogP contribution in [0.2, 0.25) is 0 Å². The van der Waals surface area contributed by atoms with E-state index in [1.165, 1.54) is 7.11 Å². The molecule has 128 valence electrons. The van der Waals surface area contributed by atoms with Crippen molar-refractivity contribution in [2.24, 2.45) is 0 Å². The fourth-order valence-corrected chi connectivity index (χ4v) is 2.32. The highest BCUT2D eigenvalue weighted by molar-refractivity contribution is 9.10. The lowest BCUT2D eigenvalue weighted by Crippen LogP contribution is -2.25. The summed E-state index contributed by atoms with van der Waals surface area (Å²) in [6.07, 6.45) is 0.525. The van der Waals surface area contributed by atoms with E-state index in [-0.39, 0.29) is 12.5 Å². The average Bonchev–Trinajstić information content (AvgIpc) is 2.61. The van der Waals surface area contributed by atoms with Crippen LogP contribution >= 0.6 is 15.9 Å². The summed E-state index contributed by atoms with van der Waals surface area (Å²) in [6, 6.07) is 12.9. The summed E-state index contributed by atoms with van der Waals surface area (Å²) in [6.45, 7) is 0.886. The maximum Gasteiger partial charge on any atom is 0.251 e. The topological polar surface area (TPSA) is 67.8 Å². The van der Waals surface area contributed by atoms with Crippen LogP contribution in [0.3, 0.4) is 0 Å². The van der Waals surface area contributed by atoms with Gasteiger partial charge in [-0.05, 0) is 42.3 Å². The van der Waals surface area contributed by atoms with Gasteiger partial charge in [0.15, 0.2) is 11.5 Å². The minimum Gasteiger partial charge on any atom is -0.493 e. The Morgan fingerprint density at radius 1 is 1.17 bits per heavy atom. The molecule has 0 spiro atoms. The van der Waals surface area contributed by atoms with Crippen LogP contribution in [0, 0.1) is 0 Å². The highest BCUT2D eigenvalue weighted by atomic mass is 79.9. The zero-order valence-corrected chi connectivity index (χ0v) is 15.0. The van der Waals surface area contributed by atoms with Crippen molar-refractivity contribution in [2.45, 2.75) is 13.0 Å². The van der Waals surface area contributed by atoms with Crippen LogP contribution < -0.4 is 14.8 Å². The number of amides is 1. The minimum atomic E-state index is -0.207. The molecule has 0 saturated heterocycles. The number of ether oxygens (including phenoxy) is 2. The van der Waals surface area contributed by atoms with E-state index in [0.717, 1.165) is 10.0 Å². The number of carbonyl (C=O) groups excluding carboxylic acids is 1. The van der Waals surface area contributed by atoms with Gasteiger partial charge in [-0.1, -0.05) is 28.1 Å². The van der Waals surface area contributed by atoms with Gasteiger partial charge >= 0.3 is 0 Å². The molecule has 1 amide bonds. The summed E-state index contributed by atoms with van der Waals surface area (Å²) in [7, 11) is 1.54. The molecular formula is C18H20BrNO4. The van der Waals surface area contributed by atoms with E-state index < -0.39 is 0 Å². The second-order valence-corrected chi connectivity index (χ2v) is 6.03. The lowest BCUT2D eigenvalue weighted by atomic mass is 10.2. The number of carbonyl (C=O) groups is 1. The first-order valence-corrected chi connectivity index (χ1v) is 8.37. The van der Waals surface area contributed by atoms with Crippen LogP contribution in [0.4, 0.5) is 0 Å². The zero-order valence-electron chi connectivity index (χ0n) is 13.4. The van der Waals surface area contributed by atoms with Crippen molar-refractivity contribution in [2.75, 3.05) is 20.3 Å². The van der Waals surface area contributed by atoms with Gasteiger partial charge in [-0.3, -0.25) is 4.79 Å². The summed E-state index contributed by atoms with van der Waals surface area (Å²) in [5.74, 6) is 0.871. The van der Waals surface area contributed by atoms with E-state index in [2.05, 4.69) is 21.2 Å². The van der Waals surface area contributed by atoms with Crippen LogP contribution in [0.15, 0.2) is 46.9 Å². The quantitative estimate of drug-likeness (QED) is 0.675. The smallest absolute Gasteiger partial charge is 0.251 e. The van der Waals surface area contributed by atoms with Crippen LogP contribution in [0.5, 0.6) is 11.5 Å². The normalized spacial score (nSPS) is 10.3. The first-order chi connectivity index (χ1) is 11.6. The molecule has 0 aliphatic carbocycles. The molecule has 0 bridgehead atoms. The summed E-state index contributed by atoms with van der Waals surface area (Å²) >= 11 is 3.40. The zero-order chi connectivity index (χ0) is 17.4. The lowest BCUT2D eigenvalue weighted by molar-refractivity contribution is 0.0950. The van der Waals surface area contributed by atoms with Crippen molar-refractivity contribution in [3.8, 4) is 11.5 Å². The summed E-state index contributed by atoms with van der Waals surface area (Å²) < 4.78 is 12.1. The summed E-state index contributed by atoms with van der Waals surface area (Å²) in [5, 5.41) is 11.5. The van der Waals surface area contributed by atoms with Gasteiger partial charge in [0.05, 0.1) is 7.11 Å². The van der Waals surface area contributed by atoms with Crippen molar-refractivity contribution < 1.29 is 19.4 Å². The minimum absolute atomic E-state index is 0.0481. The molecule has 0 atom stereocenters. The van der Waals surface area contributed by atoms with Gasteiger partial charge in [-0.25, -0.2) is 0 Å².